The van der Waals surface area contributed by atoms with Gasteiger partial charge in [-0.3, -0.25) is 0 Å². The lowest BCUT2D eigenvalue weighted by Crippen LogP contribution is -2.18. The first kappa shape index (κ1) is 16.7. The molecule has 6 heteroatoms. The molecule has 1 aliphatic carbocycles. The number of fused-ring (bicyclic) bond motifs is 1. The third-order valence-corrected chi connectivity index (χ3v) is 4.81. The lowest BCUT2D eigenvalue weighted by molar-refractivity contribution is 0.0525. The van der Waals surface area contributed by atoms with Gasteiger partial charge in [-0.15, -0.1) is 0 Å². The summed E-state index contributed by atoms with van der Waals surface area (Å²) in [7, 11) is 0. The molecule has 1 N–H and O–H groups in total. The number of aryl methyl sites for hydroxylation is 1. The Balaban J connectivity index is 1.88. The van der Waals surface area contributed by atoms with Crippen LogP contribution in [0, 0.1) is 5.92 Å². The Morgan fingerprint density at radius 2 is 2.12 bits per heavy atom. The number of ether oxygens (including phenoxy) is 1. The summed E-state index contributed by atoms with van der Waals surface area (Å²) in [4.78, 5) is 16.6. The van der Waals surface area contributed by atoms with E-state index in [2.05, 4.69) is 15.4 Å². The first-order chi connectivity index (χ1) is 11.7. The van der Waals surface area contributed by atoms with Crippen molar-refractivity contribution >= 4 is 17.3 Å². The Labute approximate surface area is 142 Å². The van der Waals surface area contributed by atoms with Crippen LogP contribution in [-0.4, -0.2) is 33.7 Å². The number of nitrogens with one attached hydrogen (secondary N) is 1. The molecule has 2 heterocycles. The van der Waals surface area contributed by atoms with Gasteiger partial charge in [-0.25, -0.2) is 14.3 Å². The van der Waals surface area contributed by atoms with E-state index in [-0.39, 0.29) is 5.97 Å². The topological polar surface area (TPSA) is 68.5 Å². The molecule has 0 bridgehead atoms. The SMILES string of the molecule is CCOC(=O)c1cn2ncnc(NCC3CCCCC3)c2c1CC. The number of aromatic nitrogens is 3. The summed E-state index contributed by atoms with van der Waals surface area (Å²) in [5.74, 6) is 1.22. The molecule has 130 valence electrons. The van der Waals surface area contributed by atoms with Gasteiger partial charge in [0.1, 0.15) is 11.8 Å². The summed E-state index contributed by atoms with van der Waals surface area (Å²) in [5.41, 5.74) is 2.42. The van der Waals surface area contributed by atoms with Crippen molar-refractivity contribution in [3.05, 3.63) is 23.7 Å². The number of hydrogen-bond acceptors (Lipinski definition) is 5. The molecule has 0 unspecified atom stereocenters. The van der Waals surface area contributed by atoms with Crippen molar-refractivity contribution in [2.45, 2.75) is 52.4 Å². The minimum absolute atomic E-state index is 0.293. The molecule has 2 aromatic rings. The molecule has 1 aliphatic rings. The van der Waals surface area contributed by atoms with Crippen molar-refractivity contribution in [2.24, 2.45) is 5.92 Å². The van der Waals surface area contributed by atoms with Crippen LogP contribution in [0.15, 0.2) is 12.5 Å². The number of anilines is 1. The third-order valence-electron chi connectivity index (χ3n) is 4.81. The van der Waals surface area contributed by atoms with Gasteiger partial charge in [0.05, 0.1) is 12.2 Å². The van der Waals surface area contributed by atoms with Crippen LogP contribution in [0.4, 0.5) is 5.82 Å². The number of carbonyl (C=O) groups is 1. The summed E-state index contributed by atoms with van der Waals surface area (Å²) in [6.07, 6.45) is 10.6. The monoisotopic (exact) mass is 330 g/mol. The zero-order valence-electron chi connectivity index (χ0n) is 14.5. The number of esters is 1. The highest BCUT2D eigenvalue weighted by atomic mass is 16.5. The van der Waals surface area contributed by atoms with Crippen LogP contribution >= 0.6 is 0 Å². The first-order valence-corrected chi connectivity index (χ1v) is 9.00. The van der Waals surface area contributed by atoms with E-state index in [1.54, 1.807) is 10.7 Å². The fourth-order valence-corrected chi connectivity index (χ4v) is 3.58. The van der Waals surface area contributed by atoms with E-state index < -0.39 is 0 Å². The summed E-state index contributed by atoms with van der Waals surface area (Å²) < 4.78 is 6.91. The van der Waals surface area contributed by atoms with Crippen molar-refractivity contribution in [1.82, 2.24) is 14.6 Å². The number of nitrogens with zero attached hydrogens (tertiary/aromatic N) is 3. The predicted molar refractivity (Wildman–Crippen MR) is 93.4 cm³/mol. The highest BCUT2D eigenvalue weighted by molar-refractivity contribution is 5.95. The van der Waals surface area contributed by atoms with Gasteiger partial charge < -0.3 is 10.1 Å². The molecule has 24 heavy (non-hydrogen) atoms. The predicted octanol–water partition coefficient (Wildman–Crippen LogP) is 3.46. The van der Waals surface area contributed by atoms with E-state index in [0.29, 0.717) is 18.1 Å². The van der Waals surface area contributed by atoms with Gasteiger partial charge in [0.2, 0.25) is 0 Å². The summed E-state index contributed by atoms with van der Waals surface area (Å²) in [5, 5.41) is 7.76. The fraction of sp³-hybridized carbons (Fsp3) is 0.611. The van der Waals surface area contributed by atoms with Crippen LogP contribution in [0.2, 0.25) is 0 Å². The Morgan fingerprint density at radius 3 is 2.83 bits per heavy atom. The second kappa shape index (κ2) is 7.64. The summed E-state index contributed by atoms with van der Waals surface area (Å²) in [6, 6.07) is 0. The molecule has 1 fully saturated rings. The van der Waals surface area contributed by atoms with Crippen LogP contribution in [0.1, 0.15) is 61.9 Å². The third kappa shape index (κ3) is 3.37. The van der Waals surface area contributed by atoms with E-state index in [1.807, 2.05) is 13.8 Å². The standard InChI is InChI=1S/C18H26N4O2/c1-3-14-15(18(23)24-4-2)11-22-16(14)17(20-12-21-22)19-10-13-8-6-5-7-9-13/h11-13H,3-10H2,1-2H3,(H,19,20,21). The summed E-state index contributed by atoms with van der Waals surface area (Å²) >= 11 is 0. The maximum absolute atomic E-state index is 12.2. The molecule has 0 aliphatic heterocycles. The average Bonchev–Trinajstić information content (AvgIpc) is 3.00. The lowest BCUT2D eigenvalue weighted by Gasteiger charge is -2.22. The molecule has 0 atom stereocenters. The first-order valence-electron chi connectivity index (χ1n) is 9.00. The molecule has 0 aromatic carbocycles. The lowest BCUT2D eigenvalue weighted by atomic mass is 9.89. The molecular formula is C18H26N4O2. The Morgan fingerprint density at radius 1 is 1.33 bits per heavy atom. The van der Waals surface area contributed by atoms with Crippen molar-refractivity contribution in [3.8, 4) is 0 Å². The van der Waals surface area contributed by atoms with Crippen molar-refractivity contribution in [1.29, 1.82) is 0 Å². The average molecular weight is 330 g/mol. The van der Waals surface area contributed by atoms with Crippen molar-refractivity contribution in [3.63, 3.8) is 0 Å². The van der Waals surface area contributed by atoms with E-state index in [1.165, 1.54) is 38.4 Å². The molecule has 1 saturated carbocycles. The van der Waals surface area contributed by atoms with Gasteiger partial charge in [-0.05, 0) is 37.7 Å². The van der Waals surface area contributed by atoms with Gasteiger partial charge in [0.15, 0.2) is 5.82 Å². The highest BCUT2D eigenvalue weighted by Gasteiger charge is 2.21. The Bertz CT molecular complexity index is 704. The molecule has 6 nitrogen and oxygen atoms in total. The maximum atomic E-state index is 12.2. The number of carbonyl (C=O) groups excluding carboxylic acids is 1. The molecule has 0 amide bonds. The van der Waals surface area contributed by atoms with E-state index >= 15 is 0 Å². The minimum Gasteiger partial charge on any atom is -0.462 e. The van der Waals surface area contributed by atoms with E-state index in [0.717, 1.165) is 29.9 Å². The number of rotatable bonds is 6. The van der Waals surface area contributed by atoms with E-state index in [9.17, 15) is 4.79 Å². The van der Waals surface area contributed by atoms with Gasteiger partial charge >= 0.3 is 5.97 Å². The quantitative estimate of drug-likeness (QED) is 0.822. The Hall–Kier alpha value is -2.11. The zero-order chi connectivity index (χ0) is 16.9. The fourth-order valence-electron chi connectivity index (χ4n) is 3.58. The van der Waals surface area contributed by atoms with Crippen molar-refractivity contribution < 1.29 is 9.53 Å². The molecule has 0 spiro atoms. The van der Waals surface area contributed by atoms with Crippen LogP contribution in [-0.2, 0) is 11.2 Å². The van der Waals surface area contributed by atoms with Crippen LogP contribution in [0.5, 0.6) is 0 Å². The van der Waals surface area contributed by atoms with Gasteiger partial charge in [-0.2, -0.15) is 5.10 Å². The Kier molecular flexibility index (Phi) is 5.33. The van der Waals surface area contributed by atoms with Crippen LogP contribution in [0.3, 0.4) is 0 Å². The molecule has 3 rings (SSSR count). The maximum Gasteiger partial charge on any atom is 0.340 e. The van der Waals surface area contributed by atoms with Gasteiger partial charge in [0.25, 0.3) is 0 Å². The number of hydrogen-bond donors (Lipinski definition) is 1. The van der Waals surface area contributed by atoms with Gasteiger partial charge in [-0.1, -0.05) is 26.2 Å². The van der Waals surface area contributed by atoms with Crippen LogP contribution in [0.25, 0.3) is 5.52 Å². The second-order valence-electron chi connectivity index (χ2n) is 6.38. The highest BCUT2D eigenvalue weighted by Crippen LogP contribution is 2.27. The smallest absolute Gasteiger partial charge is 0.340 e. The van der Waals surface area contributed by atoms with Gasteiger partial charge in [0, 0.05) is 12.7 Å². The second-order valence-corrected chi connectivity index (χ2v) is 6.38. The molecular weight excluding hydrogens is 304 g/mol. The van der Waals surface area contributed by atoms with E-state index in [4.69, 9.17) is 4.74 Å². The van der Waals surface area contributed by atoms with Crippen molar-refractivity contribution in [2.75, 3.05) is 18.5 Å². The molecule has 2 aromatic heterocycles. The van der Waals surface area contributed by atoms with Crippen LogP contribution < -0.4 is 5.32 Å². The normalized spacial score (nSPS) is 15.6. The zero-order valence-corrected chi connectivity index (χ0v) is 14.5. The molecule has 0 saturated heterocycles. The summed E-state index contributed by atoms with van der Waals surface area (Å²) in [6.45, 7) is 5.15. The molecule has 0 radical (unpaired) electrons. The largest absolute Gasteiger partial charge is 0.462 e. The minimum atomic E-state index is -0.293.